The van der Waals surface area contributed by atoms with Gasteiger partial charge in [-0.15, -0.1) is 11.8 Å². The van der Waals surface area contributed by atoms with Crippen molar-refractivity contribution >= 4 is 39.1 Å². The number of para-hydroxylation sites is 1. The second kappa shape index (κ2) is 5.94. The third kappa shape index (κ3) is 2.69. The van der Waals surface area contributed by atoms with Crippen LogP contribution in [-0.2, 0) is 0 Å². The molecule has 4 heteroatoms. The molecule has 2 aromatic rings. The molecule has 90 valence electrons. The number of nitrogens with one attached hydrogen (secondary N) is 1. The maximum Gasteiger partial charge on any atom is 0.103 e. The second-order valence-electron chi connectivity index (χ2n) is 3.60. The van der Waals surface area contributed by atoms with Crippen LogP contribution in [0.3, 0.4) is 0 Å². The van der Waals surface area contributed by atoms with Crippen molar-refractivity contribution in [3.8, 4) is 6.07 Å². The molecule has 0 aromatic heterocycles. The fourth-order valence-electron chi connectivity index (χ4n) is 1.63. The van der Waals surface area contributed by atoms with Gasteiger partial charge in [0.05, 0.1) is 16.9 Å². The number of hydrogen-bond donors (Lipinski definition) is 1. The molecule has 0 aliphatic carbocycles. The summed E-state index contributed by atoms with van der Waals surface area (Å²) in [6.07, 6.45) is 2.03. The van der Waals surface area contributed by atoms with Gasteiger partial charge in [0, 0.05) is 9.37 Å². The highest BCUT2D eigenvalue weighted by atomic mass is 79.9. The Morgan fingerprint density at radius 3 is 2.56 bits per heavy atom. The first kappa shape index (κ1) is 13.0. The molecule has 2 rings (SSSR count). The SMILES string of the molecule is CSc1ccccc1Nc1cccc(Br)c1C#N. The Hall–Kier alpha value is -1.44. The van der Waals surface area contributed by atoms with E-state index in [1.54, 1.807) is 11.8 Å². The molecule has 1 N–H and O–H groups in total. The monoisotopic (exact) mass is 318 g/mol. The fourth-order valence-corrected chi connectivity index (χ4v) is 2.64. The summed E-state index contributed by atoms with van der Waals surface area (Å²) in [7, 11) is 0. The number of anilines is 2. The highest BCUT2D eigenvalue weighted by Gasteiger charge is 2.07. The predicted octanol–water partition coefficient (Wildman–Crippen LogP) is 4.79. The standard InChI is InChI=1S/C14H11BrN2S/c1-18-14-8-3-2-6-13(14)17-12-7-4-5-11(15)10(12)9-16/h2-8,17H,1H3. The van der Waals surface area contributed by atoms with Crippen LogP contribution in [0.1, 0.15) is 5.56 Å². The Labute approximate surface area is 119 Å². The zero-order chi connectivity index (χ0) is 13.0. The van der Waals surface area contributed by atoms with Gasteiger partial charge in [0.2, 0.25) is 0 Å². The number of hydrogen-bond acceptors (Lipinski definition) is 3. The minimum absolute atomic E-state index is 0.619. The molecule has 2 nitrogen and oxygen atoms in total. The van der Waals surface area contributed by atoms with E-state index >= 15 is 0 Å². The van der Waals surface area contributed by atoms with Crippen LogP contribution in [-0.4, -0.2) is 6.26 Å². The molecule has 0 radical (unpaired) electrons. The molecule has 0 amide bonds. The summed E-state index contributed by atoms with van der Waals surface area (Å²) in [4.78, 5) is 1.15. The summed E-state index contributed by atoms with van der Waals surface area (Å²) >= 11 is 5.06. The van der Waals surface area contributed by atoms with E-state index in [4.69, 9.17) is 0 Å². The van der Waals surface area contributed by atoms with Gasteiger partial charge in [0.1, 0.15) is 6.07 Å². The van der Waals surface area contributed by atoms with E-state index in [1.165, 1.54) is 0 Å². The molecule has 0 fully saturated rings. The van der Waals surface area contributed by atoms with Crippen LogP contribution >= 0.6 is 27.7 Å². The number of nitriles is 1. The molecule has 18 heavy (non-hydrogen) atoms. The van der Waals surface area contributed by atoms with Crippen LogP contribution in [0.5, 0.6) is 0 Å². The van der Waals surface area contributed by atoms with Crippen molar-refractivity contribution in [1.29, 1.82) is 5.26 Å². The smallest absolute Gasteiger partial charge is 0.103 e. The summed E-state index contributed by atoms with van der Waals surface area (Å²) in [5.74, 6) is 0. The Kier molecular flexibility index (Phi) is 4.29. The minimum atomic E-state index is 0.619. The number of rotatable bonds is 3. The van der Waals surface area contributed by atoms with E-state index < -0.39 is 0 Å². The first-order chi connectivity index (χ1) is 8.76. The van der Waals surface area contributed by atoms with E-state index in [0.29, 0.717) is 5.56 Å². The Morgan fingerprint density at radius 2 is 1.83 bits per heavy atom. The Morgan fingerprint density at radius 1 is 1.11 bits per heavy atom. The predicted molar refractivity (Wildman–Crippen MR) is 80.4 cm³/mol. The van der Waals surface area contributed by atoms with Gasteiger partial charge in [-0.2, -0.15) is 5.26 Å². The molecule has 0 saturated carbocycles. The molecule has 0 saturated heterocycles. The molecule has 2 aromatic carbocycles. The van der Waals surface area contributed by atoms with E-state index in [-0.39, 0.29) is 0 Å². The lowest BCUT2D eigenvalue weighted by Gasteiger charge is -2.12. The largest absolute Gasteiger partial charge is 0.353 e. The lowest BCUT2D eigenvalue weighted by molar-refractivity contribution is 1.39. The van der Waals surface area contributed by atoms with Gasteiger partial charge in [-0.1, -0.05) is 18.2 Å². The van der Waals surface area contributed by atoms with E-state index in [2.05, 4.69) is 33.4 Å². The van der Waals surface area contributed by atoms with Crippen LogP contribution in [0.15, 0.2) is 51.8 Å². The normalized spacial score (nSPS) is 9.83. The first-order valence-electron chi connectivity index (χ1n) is 5.35. The van der Waals surface area contributed by atoms with Crippen molar-refractivity contribution in [2.45, 2.75) is 4.90 Å². The zero-order valence-electron chi connectivity index (χ0n) is 9.77. The van der Waals surface area contributed by atoms with Gasteiger partial charge >= 0.3 is 0 Å². The van der Waals surface area contributed by atoms with Gasteiger partial charge in [-0.05, 0) is 46.5 Å². The molecule has 0 aliphatic heterocycles. The maximum absolute atomic E-state index is 9.18. The minimum Gasteiger partial charge on any atom is -0.353 e. The first-order valence-corrected chi connectivity index (χ1v) is 7.36. The molecular formula is C14H11BrN2S. The third-order valence-corrected chi connectivity index (χ3v) is 3.96. The second-order valence-corrected chi connectivity index (χ2v) is 5.30. The number of halogens is 1. The molecule has 0 bridgehead atoms. The van der Waals surface area contributed by atoms with Gasteiger partial charge < -0.3 is 5.32 Å². The molecule has 0 spiro atoms. The van der Waals surface area contributed by atoms with Crippen molar-refractivity contribution in [3.05, 3.63) is 52.5 Å². The van der Waals surface area contributed by atoms with Crippen molar-refractivity contribution < 1.29 is 0 Å². The van der Waals surface area contributed by atoms with Crippen molar-refractivity contribution in [1.82, 2.24) is 0 Å². The van der Waals surface area contributed by atoms with Crippen LogP contribution in [0, 0.1) is 11.3 Å². The average molecular weight is 319 g/mol. The zero-order valence-corrected chi connectivity index (χ0v) is 12.2. The van der Waals surface area contributed by atoms with Gasteiger partial charge in [-0.3, -0.25) is 0 Å². The molecule has 0 aliphatic rings. The van der Waals surface area contributed by atoms with Crippen LogP contribution in [0.25, 0.3) is 0 Å². The van der Waals surface area contributed by atoms with Crippen molar-refractivity contribution in [3.63, 3.8) is 0 Å². The van der Waals surface area contributed by atoms with Crippen LogP contribution in [0.2, 0.25) is 0 Å². The summed E-state index contributed by atoms with van der Waals surface area (Å²) in [6, 6.07) is 15.9. The lowest BCUT2D eigenvalue weighted by Crippen LogP contribution is -1.95. The van der Waals surface area contributed by atoms with Gasteiger partial charge in [0.15, 0.2) is 0 Å². The molecule has 0 heterocycles. The van der Waals surface area contributed by atoms with Crippen molar-refractivity contribution in [2.24, 2.45) is 0 Å². The highest BCUT2D eigenvalue weighted by Crippen LogP contribution is 2.31. The van der Waals surface area contributed by atoms with E-state index in [9.17, 15) is 5.26 Å². The Bertz CT molecular complexity index is 605. The Balaban J connectivity index is 2.41. The number of nitrogens with zero attached hydrogens (tertiary/aromatic N) is 1. The van der Waals surface area contributed by atoms with Gasteiger partial charge in [0.25, 0.3) is 0 Å². The quantitative estimate of drug-likeness (QED) is 0.827. The van der Waals surface area contributed by atoms with Crippen LogP contribution < -0.4 is 5.32 Å². The highest BCUT2D eigenvalue weighted by molar-refractivity contribution is 9.10. The van der Waals surface area contributed by atoms with E-state index in [1.807, 2.05) is 42.7 Å². The summed E-state index contributed by atoms with van der Waals surface area (Å²) < 4.78 is 0.802. The fraction of sp³-hybridized carbons (Fsp3) is 0.0714. The molecule has 0 unspecified atom stereocenters. The lowest BCUT2D eigenvalue weighted by atomic mass is 10.2. The van der Waals surface area contributed by atoms with Crippen LogP contribution in [0.4, 0.5) is 11.4 Å². The maximum atomic E-state index is 9.18. The van der Waals surface area contributed by atoms with Crippen molar-refractivity contribution in [2.75, 3.05) is 11.6 Å². The molecule has 0 atom stereocenters. The number of thioether (sulfide) groups is 1. The summed E-state index contributed by atoms with van der Waals surface area (Å²) in [5, 5.41) is 12.5. The van der Waals surface area contributed by atoms with Gasteiger partial charge in [-0.25, -0.2) is 0 Å². The van der Waals surface area contributed by atoms with E-state index in [0.717, 1.165) is 20.7 Å². The topological polar surface area (TPSA) is 35.8 Å². The third-order valence-electron chi connectivity index (χ3n) is 2.50. The average Bonchev–Trinajstić information content (AvgIpc) is 2.40. The number of benzene rings is 2. The molecular weight excluding hydrogens is 308 g/mol. The summed E-state index contributed by atoms with van der Waals surface area (Å²) in [6.45, 7) is 0. The summed E-state index contributed by atoms with van der Waals surface area (Å²) in [5.41, 5.74) is 2.45.